The van der Waals surface area contributed by atoms with Gasteiger partial charge in [0.1, 0.15) is 0 Å². The average Bonchev–Trinajstić information content (AvgIpc) is 3.00. The largest absolute Gasteiger partial charge is 0.378 e. The molecule has 122 valence electrons. The summed E-state index contributed by atoms with van der Waals surface area (Å²) >= 11 is 0. The Kier molecular flexibility index (Phi) is 6.40. The number of carbonyl (C=O) groups is 1. The van der Waals surface area contributed by atoms with Crippen molar-refractivity contribution in [1.82, 2.24) is 10.6 Å². The Labute approximate surface area is 133 Å². The topological polar surface area (TPSA) is 50.4 Å². The van der Waals surface area contributed by atoms with Crippen molar-refractivity contribution in [2.45, 2.75) is 38.8 Å². The van der Waals surface area contributed by atoms with Crippen LogP contribution >= 0.6 is 0 Å². The molecule has 1 aromatic rings. The van der Waals surface area contributed by atoms with Crippen LogP contribution in [0, 0.1) is 11.8 Å². The molecule has 0 bridgehead atoms. The summed E-state index contributed by atoms with van der Waals surface area (Å²) in [6, 6.07) is 9.95. The summed E-state index contributed by atoms with van der Waals surface area (Å²) in [4.78, 5) is 12.1. The van der Waals surface area contributed by atoms with Gasteiger partial charge in [0.05, 0.1) is 12.1 Å². The predicted molar refractivity (Wildman–Crippen MR) is 88.7 cm³/mol. The van der Waals surface area contributed by atoms with Gasteiger partial charge in [-0.05, 0) is 24.3 Å². The highest BCUT2D eigenvalue weighted by Gasteiger charge is 2.31. The zero-order chi connectivity index (χ0) is 15.9. The smallest absolute Gasteiger partial charge is 0.237 e. The minimum atomic E-state index is -0.194. The number of hydrogen-bond donors (Lipinski definition) is 2. The van der Waals surface area contributed by atoms with Crippen LogP contribution in [0.3, 0.4) is 0 Å². The van der Waals surface area contributed by atoms with Crippen LogP contribution in [0.5, 0.6) is 0 Å². The lowest BCUT2D eigenvalue weighted by atomic mass is 9.92. The van der Waals surface area contributed by atoms with Crippen molar-refractivity contribution in [2.24, 2.45) is 11.8 Å². The molecule has 2 rings (SSSR count). The van der Waals surface area contributed by atoms with Gasteiger partial charge in [0, 0.05) is 26.1 Å². The van der Waals surface area contributed by atoms with Gasteiger partial charge in [-0.1, -0.05) is 44.2 Å². The Balaban J connectivity index is 1.94. The number of rotatable bonds is 7. The van der Waals surface area contributed by atoms with Gasteiger partial charge in [-0.3, -0.25) is 4.79 Å². The fraction of sp³-hybridized carbons (Fsp3) is 0.611. The molecule has 4 nitrogen and oxygen atoms in total. The molecule has 1 aliphatic heterocycles. The molecule has 0 saturated carbocycles. The summed E-state index contributed by atoms with van der Waals surface area (Å²) in [7, 11) is 1.69. The van der Waals surface area contributed by atoms with Crippen LogP contribution < -0.4 is 10.6 Å². The van der Waals surface area contributed by atoms with E-state index in [4.69, 9.17) is 4.74 Å². The Hall–Kier alpha value is -1.39. The molecule has 0 aliphatic carbocycles. The first-order valence-corrected chi connectivity index (χ1v) is 8.22. The second-order valence-corrected chi connectivity index (χ2v) is 6.39. The van der Waals surface area contributed by atoms with Crippen molar-refractivity contribution in [3.05, 3.63) is 35.9 Å². The highest BCUT2D eigenvalue weighted by Crippen LogP contribution is 2.26. The minimum Gasteiger partial charge on any atom is -0.378 e. The fourth-order valence-electron chi connectivity index (χ4n) is 3.19. The van der Waals surface area contributed by atoms with Crippen LogP contribution in [0.2, 0.25) is 0 Å². The van der Waals surface area contributed by atoms with Gasteiger partial charge in [0.15, 0.2) is 0 Å². The number of nitrogens with one attached hydrogen (secondary N) is 2. The second kappa shape index (κ2) is 8.30. The van der Waals surface area contributed by atoms with E-state index in [1.807, 2.05) is 18.2 Å². The third kappa shape index (κ3) is 4.55. The molecular weight excluding hydrogens is 276 g/mol. The zero-order valence-electron chi connectivity index (χ0n) is 13.8. The lowest BCUT2D eigenvalue weighted by Crippen LogP contribution is -2.47. The standard InChI is InChI=1S/C18H28N2O2/c1-13(2)17-15(9-10-22-17)12-20-16(18(21)19-3)11-14-7-5-4-6-8-14/h4-8,13,15-17,20H,9-12H2,1-3H3,(H,19,21)/t15-,16+,17-/m1/s1. The van der Waals surface area contributed by atoms with Crippen molar-refractivity contribution in [2.75, 3.05) is 20.2 Å². The molecule has 0 unspecified atom stereocenters. The van der Waals surface area contributed by atoms with Crippen molar-refractivity contribution >= 4 is 5.91 Å². The van der Waals surface area contributed by atoms with E-state index in [1.54, 1.807) is 7.05 Å². The van der Waals surface area contributed by atoms with E-state index in [1.165, 1.54) is 5.56 Å². The second-order valence-electron chi connectivity index (χ2n) is 6.39. The quantitative estimate of drug-likeness (QED) is 0.810. The zero-order valence-corrected chi connectivity index (χ0v) is 13.8. The molecule has 22 heavy (non-hydrogen) atoms. The van der Waals surface area contributed by atoms with Crippen LogP contribution in [0.1, 0.15) is 25.8 Å². The third-order valence-electron chi connectivity index (χ3n) is 4.39. The number of hydrogen-bond acceptors (Lipinski definition) is 3. The number of benzene rings is 1. The molecule has 1 fully saturated rings. The van der Waals surface area contributed by atoms with Gasteiger partial charge in [0.25, 0.3) is 0 Å². The van der Waals surface area contributed by atoms with Crippen molar-refractivity contribution < 1.29 is 9.53 Å². The predicted octanol–water partition coefficient (Wildman–Crippen LogP) is 1.99. The minimum absolute atomic E-state index is 0.0452. The molecule has 1 amide bonds. The molecule has 1 saturated heterocycles. The number of likely N-dealkylation sites (N-methyl/N-ethyl adjacent to an activating group) is 1. The van der Waals surface area contributed by atoms with Crippen LogP contribution in [0.4, 0.5) is 0 Å². The number of amides is 1. The van der Waals surface area contributed by atoms with Gasteiger partial charge in [-0.2, -0.15) is 0 Å². The van der Waals surface area contributed by atoms with Gasteiger partial charge < -0.3 is 15.4 Å². The van der Waals surface area contributed by atoms with Gasteiger partial charge in [-0.25, -0.2) is 0 Å². The maximum absolute atomic E-state index is 12.1. The van der Waals surface area contributed by atoms with Gasteiger partial charge >= 0.3 is 0 Å². The van der Waals surface area contributed by atoms with Crippen LogP contribution in [-0.4, -0.2) is 38.3 Å². The molecule has 0 spiro atoms. The third-order valence-corrected chi connectivity index (χ3v) is 4.39. The first-order chi connectivity index (χ1) is 10.6. The normalized spacial score (nSPS) is 22.7. The van der Waals surface area contributed by atoms with E-state index in [9.17, 15) is 4.79 Å². The first-order valence-electron chi connectivity index (χ1n) is 8.22. The van der Waals surface area contributed by atoms with Crippen LogP contribution in [0.15, 0.2) is 30.3 Å². The summed E-state index contributed by atoms with van der Waals surface area (Å²) in [5, 5.41) is 6.22. The van der Waals surface area contributed by atoms with E-state index >= 15 is 0 Å². The van der Waals surface area contributed by atoms with Crippen LogP contribution in [-0.2, 0) is 16.0 Å². The van der Waals surface area contributed by atoms with E-state index in [0.29, 0.717) is 24.4 Å². The first kappa shape index (κ1) is 17.0. The Morgan fingerprint density at radius 3 is 2.68 bits per heavy atom. The SMILES string of the molecule is CNC(=O)[C@H](Cc1ccccc1)NC[C@H]1CCO[C@@H]1C(C)C. The molecule has 1 aromatic carbocycles. The summed E-state index contributed by atoms with van der Waals surface area (Å²) in [6.45, 7) is 6.05. The maximum Gasteiger partial charge on any atom is 0.237 e. The van der Waals surface area contributed by atoms with Gasteiger partial charge in [0.2, 0.25) is 5.91 Å². The average molecular weight is 304 g/mol. The van der Waals surface area contributed by atoms with Crippen molar-refractivity contribution in [1.29, 1.82) is 0 Å². The number of ether oxygens (including phenoxy) is 1. The molecule has 2 N–H and O–H groups in total. The summed E-state index contributed by atoms with van der Waals surface area (Å²) in [6.07, 6.45) is 2.08. The molecular formula is C18H28N2O2. The molecule has 4 heteroatoms. The Morgan fingerprint density at radius 2 is 2.05 bits per heavy atom. The maximum atomic E-state index is 12.1. The number of carbonyl (C=O) groups excluding carboxylic acids is 1. The molecule has 0 aromatic heterocycles. The van der Waals surface area contributed by atoms with E-state index in [2.05, 4.69) is 36.6 Å². The lowest BCUT2D eigenvalue weighted by molar-refractivity contribution is -0.122. The van der Waals surface area contributed by atoms with E-state index in [0.717, 1.165) is 19.6 Å². The summed E-state index contributed by atoms with van der Waals surface area (Å²) in [5.74, 6) is 1.05. The summed E-state index contributed by atoms with van der Waals surface area (Å²) < 4.78 is 5.82. The molecule has 1 aliphatic rings. The fourth-order valence-corrected chi connectivity index (χ4v) is 3.19. The lowest BCUT2D eigenvalue weighted by Gasteiger charge is -2.25. The van der Waals surface area contributed by atoms with Crippen LogP contribution in [0.25, 0.3) is 0 Å². The molecule has 1 heterocycles. The van der Waals surface area contributed by atoms with E-state index in [-0.39, 0.29) is 11.9 Å². The summed E-state index contributed by atoms with van der Waals surface area (Å²) in [5.41, 5.74) is 1.17. The highest BCUT2D eigenvalue weighted by molar-refractivity contribution is 5.81. The molecule has 3 atom stereocenters. The Morgan fingerprint density at radius 1 is 1.32 bits per heavy atom. The molecule has 0 radical (unpaired) electrons. The van der Waals surface area contributed by atoms with E-state index < -0.39 is 0 Å². The Bertz CT molecular complexity index is 461. The highest BCUT2D eigenvalue weighted by atomic mass is 16.5. The van der Waals surface area contributed by atoms with Crippen molar-refractivity contribution in [3.63, 3.8) is 0 Å². The van der Waals surface area contributed by atoms with Crippen molar-refractivity contribution in [3.8, 4) is 0 Å². The van der Waals surface area contributed by atoms with Gasteiger partial charge in [-0.15, -0.1) is 0 Å². The monoisotopic (exact) mass is 304 g/mol.